The summed E-state index contributed by atoms with van der Waals surface area (Å²) in [5, 5.41) is 0. The van der Waals surface area contributed by atoms with Crippen molar-refractivity contribution in [2.75, 3.05) is 5.88 Å². The Hall–Kier alpha value is -0.560. The smallest absolute Gasteiger partial charge is 0.123 e. The van der Waals surface area contributed by atoms with Crippen molar-refractivity contribution >= 4 is 11.6 Å². The lowest BCUT2D eigenvalue weighted by Gasteiger charge is -2.29. The van der Waals surface area contributed by atoms with Gasteiger partial charge in [0.25, 0.3) is 0 Å². The Labute approximate surface area is 103 Å². The molecule has 0 amide bonds. The lowest BCUT2D eigenvalue weighted by Crippen LogP contribution is -2.24. The van der Waals surface area contributed by atoms with E-state index in [0.717, 1.165) is 12.0 Å². The Morgan fingerprint density at radius 2 is 1.94 bits per heavy atom. The molecule has 90 valence electrons. The van der Waals surface area contributed by atoms with Gasteiger partial charge in [-0.15, -0.1) is 11.6 Å². The van der Waals surface area contributed by atoms with Crippen LogP contribution in [0.15, 0.2) is 18.2 Å². The standard InChI is InChI=1S/C14H20ClF/c1-10-7-13(16)6-5-11(10)8-12(9-15)14(2,3)4/h5-7,12H,8-9H2,1-4H3. The van der Waals surface area contributed by atoms with Crippen LogP contribution in [0.5, 0.6) is 0 Å². The van der Waals surface area contributed by atoms with Gasteiger partial charge in [-0.3, -0.25) is 0 Å². The Morgan fingerprint density at radius 3 is 2.38 bits per heavy atom. The molecule has 0 aliphatic heterocycles. The fraction of sp³-hybridized carbons (Fsp3) is 0.571. The first-order valence-electron chi connectivity index (χ1n) is 5.65. The molecule has 0 bridgehead atoms. The molecular formula is C14H20ClF. The molecule has 1 rings (SSSR count). The molecule has 0 aromatic heterocycles. The summed E-state index contributed by atoms with van der Waals surface area (Å²) in [6, 6.07) is 4.98. The molecule has 0 fully saturated rings. The molecule has 1 unspecified atom stereocenters. The van der Waals surface area contributed by atoms with Crippen molar-refractivity contribution < 1.29 is 4.39 Å². The number of halogens is 2. The maximum Gasteiger partial charge on any atom is 0.123 e. The Balaban J connectivity index is 2.86. The van der Waals surface area contributed by atoms with E-state index < -0.39 is 0 Å². The molecule has 1 aromatic carbocycles. The van der Waals surface area contributed by atoms with Crippen molar-refractivity contribution in [1.29, 1.82) is 0 Å². The van der Waals surface area contributed by atoms with E-state index in [4.69, 9.17) is 11.6 Å². The molecule has 0 nitrogen and oxygen atoms in total. The number of hydrogen-bond acceptors (Lipinski definition) is 0. The van der Waals surface area contributed by atoms with Crippen LogP contribution in [0.25, 0.3) is 0 Å². The number of rotatable bonds is 3. The van der Waals surface area contributed by atoms with Crippen LogP contribution in [-0.4, -0.2) is 5.88 Å². The fourth-order valence-corrected chi connectivity index (χ4v) is 2.32. The lowest BCUT2D eigenvalue weighted by molar-refractivity contribution is 0.263. The second-order valence-corrected chi connectivity index (χ2v) is 5.80. The van der Waals surface area contributed by atoms with Gasteiger partial charge in [0.2, 0.25) is 0 Å². The van der Waals surface area contributed by atoms with Gasteiger partial charge in [0.1, 0.15) is 5.82 Å². The molecule has 0 aliphatic carbocycles. The van der Waals surface area contributed by atoms with E-state index in [9.17, 15) is 4.39 Å². The first-order valence-corrected chi connectivity index (χ1v) is 6.19. The zero-order valence-corrected chi connectivity index (χ0v) is 11.2. The van der Waals surface area contributed by atoms with Gasteiger partial charge in [0.15, 0.2) is 0 Å². The monoisotopic (exact) mass is 242 g/mol. The first kappa shape index (κ1) is 13.5. The van der Waals surface area contributed by atoms with Gasteiger partial charge < -0.3 is 0 Å². The molecule has 2 heteroatoms. The fourth-order valence-electron chi connectivity index (χ4n) is 1.75. The molecule has 0 aliphatic rings. The van der Waals surface area contributed by atoms with Crippen molar-refractivity contribution in [3.8, 4) is 0 Å². The highest BCUT2D eigenvalue weighted by atomic mass is 35.5. The van der Waals surface area contributed by atoms with Gasteiger partial charge >= 0.3 is 0 Å². The van der Waals surface area contributed by atoms with Gasteiger partial charge in [0, 0.05) is 5.88 Å². The summed E-state index contributed by atoms with van der Waals surface area (Å²) < 4.78 is 13.0. The van der Waals surface area contributed by atoms with E-state index in [-0.39, 0.29) is 11.2 Å². The third-order valence-corrected chi connectivity index (χ3v) is 3.55. The van der Waals surface area contributed by atoms with E-state index in [2.05, 4.69) is 20.8 Å². The molecule has 1 aromatic rings. The van der Waals surface area contributed by atoms with Crippen LogP contribution in [0.1, 0.15) is 31.9 Å². The highest BCUT2D eigenvalue weighted by Gasteiger charge is 2.24. The Morgan fingerprint density at radius 1 is 1.31 bits per heavy atom. The summed E-state index contributed by atoms with van der Waals surface area (Å²) in [6.07, 6.45) is 0.916. The predicted molar refractivity (Wildman–Crippen MR) is 68.5 cm³/mol. The third kappa shape index (κ3) is 3.48. The maximum atomic E-state index is 13.0. The van der Waals surface area contributed by atoms with Gasteiger partial charge in [-0.25, -0.2) is 4.39 Å². The molecule has 16 heavy (non-hydrogen) atoms. The van der Waals surface area contributed by atoms with Crippen LogP contribution in [0.4, 0.5) is 4.39 Å². The summed E-state index contributed by atoms with van der Waals surface area (Å²) in [6.45, 7) is 8.53. The zero-order valence-electron chi connectivity index (χ0n) is 10.5. The normalized spacial score (nSPS) is 13.9. The predicted octanol–water partition coefficient (Wildman–Crippen LogP) is 4.58. The molecular weight excluding hydrogens is 223 g/mol. The number of benzene rings is 1. The average Bonchev–Trinajstić information content (AvgIpc) is 2.14. The SMILES string of the molecule is Cc1cc(F)ccc1CC(CCl)C(C)(C)C. The summed E-state index contributed by atoms with van der Waals surface area (Å²) in [4.78, 5) is 0. The van der Waals surface area contributed by atoms with Crippen molar-refractivity contribution in [3.63, 3.8) is 0 Å². The molecule has 0 N–H and O–H groups in total. The topological polar surface area (TPSA) is 0 Å². The molecule has 0 spiro atoms. The van der Waals surface area contributed by atoms with Gasteiger partial charge in [-0.2, -0.15) is 0 Å². The summed E-state index contributed by atoms with van der Waals surface area (Å²) in [5.41, 5.74) is 2.39. The Bertz CT molecular complexity index is 352. The largest absolute Gasteiger partial charge is 0.207 e. The molecule has 0 heterocycles. The second kappa shape index (κ2) is 5.18. The Kier molecular flexibility index (Phi) is 4.37. The summed E-state index contributed by atoms with van der Waals surface area (Å²) in [7, 11) is 0. The minimum absolute atomic E-state index is 0.167. The highest BCUT2D eigenvalue weighted by Crippen LogP contribution is 2.30. The van der Waals surface area contributed by atoms with Gasteiger partial charge in [-0.1, -0.05) is 26.8 Å². The van der Waals surface area contributed by atoms with Crippen LogP contribution in [0.3, 0.4) is 0 Å². The number of hydrogen-bond donors (Lipinski definition) is 0. The van der Waals surface area contributed by atoms with Crippen molar-refractivity contribution in [3.05, 3.63) is 35.1 Å². The van der Waals surface area contributed by atoms with Crippen molar-refractivity contribution in [2.24, 2.45) is 11.3 Å². The summed E-state index contributed by atoms with van der Waals surface area (Å²) >= 11 is 6.01. The number of alkyl halides is 1. The molecule has 0 saturated heterocycles. The maximum absolute atomic E-state index is 13.0. The first-order chi connectivity index (χ1) is 7.34. The van der Waals surface area contributed by atoms with E-state index in [1.165, 1.54) is 11.6 Å². The van der Waals surface area contributed by atoms with Gasteiger partial charge in [0.05, 0.1) is 0 Å². The summed E-state index contributed by atoms with van der Waals surface area (Å²) in [5.74, 6) is 0.887. The van der Waals surface area contributed by atoms with Crippen molar-refractivity contribution in [1.82, 2.24) is 0 Å². The average molecular weight is 243 g/mol. The van der Waals surface area contributed by atoms with E-state index in [1.807, 2.05) is 13.0 Å². The van der Waals surface area contributed by atoms with E-state index >= 15 is 0 Å². The highest BCUT2D eigenvalue weighted by molar-refractivity contribution is 6.18. The van der Waals surface area contributed by atoms with E-state index in [0.29, 0.717) is 11.8 Å². The van der Waals surface area contributed by atoms with Crippen molar-refractivity contribution in [2.45, 2.75) is 34.1 Å². The minimum Gasteiger partial charge on any atom is -0.207 e. The van der Waals surface area contributed by atoms with E-state index in [1.54, 1.807) is 6.07 Å². The quantitative estimate of drug-likeness (QED) is 0.681. The zero-order chi connectivity index (χ0) is 12.3. The van der Waals surface area contributed by atoms with Crippen LogP contribution < -0.4 is 0 Å². The van der Waals surface area contributed by atoms with Crippen LogP contribution >= 0.6 is 11.6 Å². The van der Waals surface area contributed by atoms with Gasteiger partial charge in [-0.05, 0) is 47.9 Å². The van der Waals surface area contributed by atoms with Crippen LogP contribution in [0, 0.1) is 24.1 Å². The lowest BCUT2D eigenvalue weighted by atomic mass is 9.78. The minimum atomic E-state index is -0.167. The molecule has 0 radical (unpaired) electrons. The van der Waals surface area contributed by atoms with Crippen LogP contribution in [0.2, 0.25) is 0 Å². The molecule has 1 atom stereocenters. The number of aryl methyl sites for hydroxylation is 1. The second-order valence-electron chi connectivity index (χ2n) is 5.49. The molecule has 0 saturated carbocycles. The third-order valence-electron chi connectivity index (χ3n) is 3.18. The van der Waals surface area contributed by atoms with Crippen LogP contribution in [-0.2, 0) is 6.42 Å².